The molecule has 0 saturated heterocycles. The number of sulfonamides is 1. The maximum Gasteiger partial charge on any atom is 0.244 e. The minimum Gasteiger partial charge on any atom is -0.350 e. The van der Waals surface area contributed by atoms with Gasteiger partial charge in [-0.3, -0.25) is 13.9 Å². The first-order valence-corrected chi connectivity index (χ1v) is 15.8. The quantitative estimate of drug-likeness (QED) is 0.303. The Bertz CT molecular complexity index is 1440. The minimum absolute atomic E-state index is 0.0678. The first kappa shape index (κ1) is 32.2. The van der Waals surface area contributed by atoms with Crippen LogP contribution < -0.4 is 9.62 Å². The van der Waals surface area contributed by atoms with Crippen LogP contribution in [0.25, 0.3) is 0 Å². The predicted octanol–water partition coefficient (Wildman–Crippen LogP) is 5.78. The number of halogens is 1. The summed E-state index contributed by atoms with van der Waals surface area (Å²) >= 11 is 6.26. The largest absolute Gasteiger partial charge is 0.350 e. The molecule has 1 unspecified atom stereocenters. The summed E-state index contributed by atoms with van der Waals surface area (Å²) < 4.78 is 27.0. The highest BCUT2D eigenvalue weighted by molar-refractivity contribution is 7.92. The van der Waals surface area contributed by atoms with Gasteiger partial charge in [-0.2, -0.15) is 0 Å². The first-order valence-electron chi connectivity index (χ1n) is 13.6. The average molecular weight is 598 g/mol. The molecule has 3 rings (SSSR count). The average Bonchev–Trinajstić information content (AvgIpc) is 2.88. The topological polar surface area (TPSA) is 86.8 Å². The second kappa shape index (κ2) is 13.5. The smallest absolute Gasteiger partial charge is 0.244 e. The van der Waals surface area contributed by atoms with Gasteiger partial charge in [-0.15, -0.1) is 0 Å². The Balaban J connectivity index is 2.06. The van der Waals surface area contributed by atoms with Crippen LogP contribution in [0.4, 0.5) is 5.69 Å². The monoisotopic (exact) mass is 597 g/mol. The van der Waals surface area contributed by atoms with Crippen molar-refractivity contribution in [2.75, 3.05) is 17.1 Å². The van der Waals surface area contributed by atoms with E-state index >= 15 is 0 Å². The van der Waals surface area contributed by atoms with Crippen molar-refractivity contribution in [3.8, 4) is 0 Å². The predicted molar refractivity (Wildman–Crippen MR) is 167 cm³/mol. The highest BCUT2D eigenvalue weighted by atomic mass is 35.5. The van der Waals surface area contributed by atoms with E-state index in [0.717, 1.165) is 27.3 Å². The van der Waals surface area contributed by atoms with Crippen molar-refractivity contribution in [2.45, 2.75) is 65.1 Å². The van der Waals surface area contributed by atoms with Crippen LogP contribution in [-0.4, -0.2) is 49.5 Å². The number of rotatable bonds is 11. The number of hydrogen-bond donors (Lipinski definition) is 1. The van der Waals surface area contributed by atoms with Crippen LogP contribution in [0.5, 0.6) is 0 Å². The fourth-order valence-electron chi connectivity index (χ4n) is 4.48. The van der Waals surface area contributed by atoms with E-state index in [0.29, 0.717) is 10.7 Å². The molecule has 3 aromatic rings. The molecule has 2 amide bonds. The van der Waals surface area contributed by atoms with Crippen LogP contribution in [0.1, 0.15) is 57.2 Å². The summed E-state index contributed by atoms with van der Waals surface area (Å²) in [6.07, 6.45) is 1.32. The van der Waals surface area contributed by atoms with Gasteiger partial charge in [0, 0.05) is 23.5 Å². The third-order valence-electron chi connectivity index (χ3n) is 6.54. The van der Waals surface area contributed by atoms with E-state index in [1.165, 1.54) is 4.90 Å². The third kappa shape index (κ3) is 9.61. The van der Waals surface area contributed by atoms with Crippen LogP contribution >= 0.6 is 11.6 Å². The molecule has 1 N–H and O–H groups in total. The van der Waals surface area contributed by atoms with Crippen molar-refractivity contribution in [1.82, 2.24) is 10.2 Å². The summed E-state index contributed by atoms with van der Waals surface area (Å²) in [6, 6.07) is 22.8. The third-order valence-corrected chi connectivity index (χ3v) is 7.91. The zero-order valence-electron chi connectivity index (χ0n) is 24.6. The van der Waals surface area contributed by atoms with Crippen molar-refractivity contribution in [3.63, 3.8) is 0 Å². The molecule has 7 nitrogen and oxygen atoms in total. The van der Waals surface area contributed by atoms with Gasteiger partial charge >= 0.3 is 0 Å². The second-order valence-electron chi connectivity index (χ2n) is 11.6. The molecule has 3 aromatic carbocycles. The highest BCUT2D eigenvalue weighted by Crippen LogP contribution is 2.24. The van der Waals surface area contributed by atoms with Gasteiger partial charge in [0.25, 0.3) is 0 Å². The van der Waals surface area contributed by atoms with E-state index < -0.39 is 34.1 Å². The lowest BCUT2D eigenvalue weighted by Gasteiger charge is -2.35. The molecule has 0 spiro atoms. The fraction of sp³-hybridized carbons (Fsp3) is 0.375. The normalized spacial score (nSPS) is 12.6. The van der Waals surface area contributed by atoms with E-state index in [2.05, 4.69) is 19.2 Å². The van der Waals surface area contributed by atoms with Crippen LogP contribution in [0.2, 0.25) is 5.02 Å². The zero-order valence-corrected chi connectivity index (χ0v) is 26.2. The molecule has 0 fully saturated rings. The van der Waals surface area contributed by atoms with Crippen LogP contribution in [0.3, 0.4) is 0 Å². The van der Waals surface area contributed by atoms with Gasteiger partial charge in [-0.25, -0.2) is 8.42 Å². The van der Waals surface area contributed by atoms with Crippen LogP contribution in [0.15, 0.2) is 78.9 Å². The standard InChI is InChI=1S/C32H40ClN3O4S/c1-23(2)26-15-17-28(18-16-26)36(41(6,39)40)22-30(37)35(21-25-13-10-14-27(33)19-25)29(31(38)34-32(3,4)5)20-24-11-8-7-9-12-24/h7-19,23,29H,20-22H2,1-6H3,(H,34,38). The van der Waals surface area contributed by atoms with Gasteiger partial charge in [-0.05, 0) is 67.6 Å². The van der Waals surface area contributed by atoms with E-state index in [4.69, 9.17) is 11.6 Å². The number of nitrogens with zero attached hydrogens (tertiary/aromatic N) is 2. The number of hydrogen-bond acceptors (Lipinski definition) is 4. The number of carbonyl (C=O) groups excluding carboxylic acids is 2. The molecule has 1 atom stereocenters. The van der Waals surface area contributed by atoms with Gasteiger partial charge in [0.2, 0.25) is 21.8 Å². The van der Waals surface area contributed by atoms with E-state index in [1.54, 1.807) is 30.3 Å². The molecular weight excluding hydrogens is 558 g/mol. The van der Waals surface area contributed by atoms with Crippen molar-refractivity contribution in [1.29, 1.82) is 0 Å². The molecule has 0 heterocycles. The molecule has 0 radical (unpaired) electrons. The molecule has 0 aromatic heterocycles. The SMILES string of the molecule is CC(C)c1ccc(N(CC(=O)N(Cc2cccc(Cl)c2)C(Cc2ccccc2)C(=O)NC(C)(C)C)S(C)(=O)=O)cc1. The number of carbonyl (C=O) groups is 2. The van der Waals surface area contributed by atoms with Gasteiger partial charge in [-0.1, -0.05) is 80.0 Å². The summed E-state index contributed by atoms with van der Waals surface area (Å²) in [5.41, 5.74) is 2.48. The van der Waals surface area contributed by atoms with Gasteiger partial charge in [0.15, 0.2) is 0 Å². The molecule has 220 valence electrons. The molecular formula is C32H40ClN3O4S. The Morgan fingerprint density at radius 3 is 2.05 bits per heavy atom. The number of benzene rings is 3. The molecule has 0 bridgehead atoms. The minimum atomic E-state index is -3.83. The zero-order chi connectivity index (χ0) is 30.4. The lowest BCUT2D eigenvalue weighted by Crippen LogP contribution is -2.56. The number of nitrogens with one attached hydrogen (secondary N) is 1. The number of anilines is 1. The van der Waals surface area contributed by atoms with Gasteiger partial charge < -0.3 is 10.2 Å². The Morgan fingerprint density at radius 2 is 1.51 bits per heavy atom. The van der Waals surface area contributed by atoms with Crippen molar-refractivity contribution in [3.05, 3.63) is 101 Å². The van der Waals surface area contributed by atoms with Crippen LogP contribution in [-0.2, 0) is 32.6 Å². The Hall–Kier alpha value is -3.36. The summed E-state index contributed by atoms with van der Waals surface area (Å²) in [7, 11) is -3.83. The lowest BCUT2D eigenvalue weighted by molar-refractivity contribution is -0.140. The summed E-state index contributed by atoms with van der Waals surface area (Å²) in [5, 5.41) is 3.51. The lowest BCUT2D eigenvalue weighted by atomic mass is 10.0. The molecule has 41 heavy (non-hydrogen) atoms. The first-order chi connectivity index (χ1) is 19.1. The van der Waals surface area contributed by atoms with Crippen molar-refractivity contribution < 1.29 is 18.0 Å². The van der Waals surface area contributed by atoms with E-state index in [1.807, 2.05) is 69.3 Å². The van der Waals surface area contributed by atoms with Crippen LogP contribution in [0, 0.1) is 0 Å². The fourth-order valence-corrected chi connectivity index (χ4v) is 5.54. The van der Waals surface area contributed by atoms with Crippen molar-refractivity contribution in [2.24, 2.45) is 0 Å². The summed E-state index contributed by atoms with van der Waals surface area (Å²) in [6.45, 7) is 9.33. The van der Waals surface area contributed by atoms with E-state index in [-0.39, 0.29) is 24.8 Å². The highest BCUT2D eigenvalue weighted by Gasteiger charge is 2.34. The molecule has 0 aliphatic heterocycles. The Morgan fingerprint density at radius 1 is 0.902 bits per heavy atom. The summed E-state index contributed by atoms with van der Waals surface area (Å²) in [4.78, 5) is 29.4. The maximum atomic E-state index is 14.1. The maximum absolute atomic E-state index is 14.1. The van der Waals surface area contributed by atoms with Gasteiger partial charge in [0.1, 0.15) is 12.6 Å². The Labute approximate surface area is 249 Å². The summed E-state index contributed by atoms with van der Waals surface area (Å²) in [5.74, 6) is -0.567. The molecule has 0 aliphatic carbocycles. The van der Waals surface area contributed by atoms with Crippen molar-refractivity contribution >= 4 is 39.1 Å². The Kier molecular flexibility index (Phi) is 10.6. The van der Waals surface area contributed by atoms with E-state index in [9.17, 15) is 18.0 Å². The molecule has 0 aliphatic rings. The number of amides is 2. The molecule has 0 saturated carbocycles. The second-order valence-corrected chi connectivity index (χ2v) is 14.0. The molecule has 9 heteroatoms. The van der Waals surface area contributed by atoms with Gasteiger partial charge in [0.05, 0.1) is 11.9 Å².